The second-order valence-corrected chi connectivity index (χ2v) is 9.28. The second-order valence-electron chi connectivity index (χ2n) is 6.96. The highest BCUT2D eigenvalue weighted by atomic mass is 35.5. The van der Waals surface area contributed by atoms with Gasteiger partial charge in [0, 0.05) is 10.6 Å². The number of allylic oxidation sites excluding steroid dienone is 1. The topological polar surface area (TPSA) is 76.4 Å². The zero-order valence-corrected chi connectivity index (χ0v) is 19.3. The molecule has 0 fully saturated rings. The van der Waals surface area contributed by atoms with Crippen molar-refractivity contribution >= 4 is 27.5 Å². The molecule has 3 rings (SSSR count). The Bertz CT molecular complexity index is 1280. The van der Waals surface area contributed by atoms with Gasteiger partial charge in [-0.25, -0.2) is 8.42 Å². The van der Waals surface area contributed by atoms with E-state index in [-0.39, 0.29) is 16.4 Å². The van der Waals surface area contributed by atoms with E-state index in [0.717, 1.165) is 11.1 Å². The Kier molecular flexibility index (Phi) is 7.57. The van der Waals surface area contributed by atoms with Gasteiger partial charge in [-0.3, -0.25) is 0 Å². The number of halogens is 1. The lowest BCUT2D eigenvalue weighted by atomic mass is 10.2. The highest BCUT2D eigenvalue weighted by Crippen LogP contribution is 2.31. The summed E-state index contributed by atoms with van der Waals surface area (Å²) in [4.78, 5) is -0.283. The lowest BCUT2D eigenvalue weighted by molar-refractivity contribution is 0.269. The second kappa shape index (κ2) is 10.4. The summed E-state index contributed by atoms with van der Waals surface area (Å²) in [6, 6.07) is 20.6. The average Bonchev–Trinajstić information content (AvgIpc) is 2.78. The molecule has 5 nitrogen and oxygen atoms in total. The van der Waals surface area contributed by atoms with Crippen LogP contribution in [0.25, 0.3) is 6.08 Å². The summed E-state index contributed by atoms with van der Waals surface area (Å²) in [5.41, 5.74) is 2.27. The van der Waals surface area contributed by atoms with Gasteiger partial charge < -0.3 is 9.47 Å². The molecule has 0 heterocycles. The maximum atomic E-state index is 12.9. The summed E-state index contributed by atoms with van der Waals surface area (Å²) in [7, 11) is -3.94. The fraction of sp³-hybridized carbons (Fsp3) is 0.160. The summed E-state index contributed by atoms with van der Waals surface area (Å²) < 4.78 is 37.3. The number of aryl methyl sites for hydroxylation is 1. The predicted octanol–water partition coefficient (Wildman–Crippen LogP) is 5.96. The molecule has 0 aromatic heterocycles. The Morgan fingerprint density at radius 2 is 1.75 bits per heavy atom. The first-order valence-electron chi connectivity index (χ1n) is 9.91. The predicted molar refractivity (Wildman–Crippen MR) is 125 cm³/mol. The molecule has 0 amide bonds. The standard InChI is InChI=1S/C25H22ClNO4S/c1-3-30-25-15-19(10-13-24(25)31-17-20-6-4-5-7-23(20)26)14-22(16-27)32(28,29)21-11-8-18(2)9-12-21/h4-15H,3,17H2,1-2H3. The van der Waals surface area contributed by atoms with Crippen molar-refractivity contribution in [3.05, 3.63) is 93.3 Å². The third-order valence-electron chi connectivity index (χ3n) is 4.64. The molecule has 0 N–H and O–H groups in total. The van der Waals surface area contributed by atoms with Crippen LogP contribution in [-0.2, 0) is 16.4 Å². The van der Waals surface area contributed by atoms with Gasteiger partial charge in [0.05, 0.1) is 11.5 Å². The number of hydrogen-bond acceptors (Lipinski definition) is 5. The van der Waals surface area contributed by atoms with Crippen molar-refractivity contribution in [2.75, 3.05) is 6.61 Å². The van der Waals surface area contributed by atoms with Gasteiger partial charge in [0.2, 0.25) is 9.84 Å². The summed E-state index contributed by atoms with van der Waals surface area (Å²) >= 11 is 6.19. The van der Waals surface area contributed by atoms with Crippen molar-refractivity contribution < 1.29 is 17.9 Å². The molecule has 0 unspecified atom stereocenters. The summed E-state index contributed by atoms with van der Waals surface area (Å²) in [6.45, 7) is 4.34. The van der Waals surface area contributed by atoms with Crippen molar-refractivity contribution in [2.45, 2.75) is 25.3 Å². The van der Waals surface area contributed by atoms with E-state index in [1.807, 2.05) is 38.1 Å². The molecule has 164 valence electrons. The first kappa shape index (κ1) is 23.4. The van der Waals surface area contributed by atoms with Crippen molar-refractivity contribution in [1.82, 2.24) is 0 Å². The monoisotopic (exact) mass is 467 g/mol. The van der Waals surface area contributed by atoms with Gasteiger partial charge in [0.15, 0.2) is 11.5 Å². The molecule has 32 heavy (non-hydrogen) atoms. The van der Waals surface area contributed by atoms with Crippen LogP contribution in [0, 0.1) is 18.3 Å². The van der Waals surface area contributed by atoms with Gasteiger partial charge >= 0.3 is 0 Å². The molecule has 0 aliphatic heterocycles. The molecule has 0 aliphatic carbocycles. The fourth-order valence-electron chi connectivity index (χ4n) is 2.94. The van der Waals surface area contributed by atoms with Crippen LogP contribution in [0.5, 0.6) is 11.5 Å². The van der Waals surface area contributed by atoms with E-state index in [0.29, 0.717) is 28.7 Å². The van der Waals surface area contributed by atoms with Crippen molar-refractivity contribution in [3.8, 4) is 17.6 Å². The molecule has 0 bridgehead atoms. The number of sulfone groups is 1. The van der Waals surface area contributed by atoms with E-state index in [2.05, 4.69) is 0 Å². The van der Waals surface area contributed by atoms with Gasteiger partial charge in [0.1, 0.15) is 17.6 Å². The zero-order chi connectivity index (χ0) is 23.1. The Morgan fingerprint density at radius 1 is 1.03 bits per heavy atom. The molecule has 0 saturated heterocycles. The third kappa shape index (κ3) is 5.50. The molecule has 0 atom stereocenters. The number of hydrogen-bond donors (Lipinski definition) is 0. The molecule has 3 aromatic rings. The van der Waals surface area contributed by atoms with E-state index in [1.165, 1.54) is 18.2 Å². The molecule has 0 saturated carbocycles. The largest absolute Gasteiger partial charge is 0.490 e. The Balaban J connectivity index is 1.91. The van der Waals surface area contributed by atoms with Crippen LogP contribution in [0.15, 0.2) is 76.5 Å². The fourth-order valence-corrected chi connectivity index (χ4v) is 4.29. The number of ether oxygens (including phenoxy) is 2. The molecule has 0 aliphatic rings. The van der Waals surface area contributed by atoms with Crippen LogP contribution >= 0.6 is 11.6 Å². The highest BCUT2D eigenvalue weighted by molar-refractivity contribution is 7.95. The van der Waals surface area contributed by atoms with Crippen LogP contribution in [0.2, 0.25) is 5.02 Å². The average molecular weight is 468 g/mol. The molecule has 7 heteroatoms. The van der Waals surface area contributed by atoms with E-state index in [9.17, 15) is 13.7 Å². The van der Waals surface area contributed by atoms with Gasteiger partial charge in [0.25, 0.3) is 0 Å². The number of nitriles is 1. The first-order chi connectivity index (χ1) is 15.3. The van der Waals surface area contributed by atoms with Gasteiger partial charge in [-0.2, -0.15) is 5.26 Å². The van der Waals surface area contributed by atoms with Crippen LogP contribution < -0.4 is 9.47 Å². The van der Waals surface area contributed by atoms with Crippen LogP contribution in [0.1, 0.15) is 23.6 Å². The minimum absolute atomic E-state index is 0.0700. The lowest BCUT2D eigenvalue weighted by Gasteiger charge is -2.13. The van der Waals surface area contributed by atoms with E-state index < -0.39 is 9.84 Å². The first-order valence-corrected chi connectivity index (χ1v) is 11.8. The molecule has 3 aromatic carbocycles. The zero-order valence-electron chi connectivity index (χ0n) is 17.7. The van der Waals surface area contributed by atoms with Crippen LogP contribution in [0.3, 0.4) is 0 Å². The van der Waals surface area contributed by atoms with Gasteiger partial charge in [-0.15, -0.1) is 0 Å². The molecule has 0 radical (unpaired) electrons. The normalized spacial score (nSPS) is 11.6. The highest BCUT2D eigenvalue weighted by Gasteiger charge is 2.21. The van der Waals surface area contributed by atoms with Crippen molar-refractivity contribution in [1.29, 1.82) is 5.26 Å². The molecular formula is C25H22ClNO4S. The van der Waals surface area contributed by atoms with E-state index in [1.54, 1.807) is 36.4 Å². The van der Waals surface area contributed by atoms with Crippen LogP contribution in [-0.4, -0.2) is 15.0 Å². The third-order valence-corrected chi connectivity index (χ3v) is 6.69. The smallest absolute Gasteiger partial charge is 0.216 e. The summed E-state index contributed by atoms with van der Waals surface area (Å²) in [5.74, 6) is 0.933. The van der Waals surface area contributed by atoms with E-state index >= 15 is 0 Å². The number of benzene rings is 3. The summed E-state index contributed by atoms with van der Waals surface area (Å²) in [5, 5.41) is 10.1. The SMILES string of the molecule is CCOc1cc(C=C(C#N)S(=O)(=O)c2ccc(C)cc2)ccc1OCc1ccccc1Cl. The van der Waals surface area contributed by atoms with Crippen molar-refractivity contribution in [2.24, 2.45) is 0 Å². The maximum Gasteiger partial charge on any atom is 0.216 e. The minimum atomic E-state index is -3.94. The van der Waals surface area contributed by atoms with Gasteiger partial charge in [-0.05, 0) is 55.8 Å². The Morgan fingerprint density at radius 3 is 2.41 bits per heavy atom. The van der Waals surface area contributed by atoms with Gasteiger partial charge in [-0.1, -0.05) is 53.6 Å². The number of rotatable bonds is 8. The number of nitrogens with zero attached hydrogens (tertiary/aromatic N) is 1. The quantitative estimate of drug-likeness (QED) is 0.382. The van der Waals surface area contributed by atoms with Crippen LogP contribution in [0.4, 0.5) is 0 Å². The van der Waals surface area contributed by atoms with E-state index in [4.69, 9.17) is 21.1 Å². The van der Waals surface area contributed by atoms with Crippen molar-refractivity contribution in [3.63, 3.8) is 0 Å². The summed E-state index contributed by atoms with van der Waals surface area (Å²) in [6.07, 6.45) is 1.33. The Labute approximate surface area is 193 Å². The Hall–Kier alpha value is -3.27. The lowest BCUT2D eigenvalue weighted by Crippen LogP contribution is -2.04. The maximum absolute atomic E-state index is 12.9. The minimum Gasteiger partial charge on any atom is -0.490 e. The molecule has 0 spiro atoms. The molecular weight excluding hydrogens is 446 g/mol.